The Labute approximate surface area is 219 Å². The minimum absolute atomic E-state index is 0.0400. The number of Topliss-reactive ketones (excluding diaryl/α,β-unsaturated/α-hetero) is 1. The lowest BCUT2D eigenvalue weighted by molar-refractivity contribution is -0.143. The number of carbonyl (C=O) groups is 4. The Kier molecular flexibility index (Phi) is 7.08. The summed E-state index contributed by atoms with van der Waals surface area (Å²) in [6.45, 7) is 2.04. The average molecular weight is 513 g/mol. The summed E-state index contributed by atoms with van der Waals surface area (Å²) in [6.07, 6.45) is 4.12. The molecule has 0 fully saturated rings. The highest BCUT2D eigenvalue weighted by molar-refractivity contribution is 6.35. The molecule has 3 aromatic rings. The average Bonchev–Trinajstić information content (AvgIpc) is 3.41. The van der Waals surface area contributed by atoms with Gasteiger partial charge in [-0.25, -0.2) is 4.79 Å². The molecule has 1 aromatic heterocycles. The molecule has 4 N–H and O–H groups in total. The molecule has 0 spiro atoms. The van der Waals surface area contributed by atoms with Crippen molar-refractivity contribution < 1.29 is 23.9 Å². The Morgan fingerprint density at radius 3 is 2.61 bits per heavy atom. The summed E-state index contributed by atoms with van der Waals surface area (Å²) in [7, 11) is 0. The van der Waals surface area contributed by atoms with Gasteiger partial charge in [-0.05, 0) is 68.2 Å². The minimum atomic E-state index is -0.407. The van der Waals surface area contributed by atoms with Gasteiger partial charge in [-0.15, -0.1) is 0 Å². The van der Waals surface area contributed by atoms with Gasteiger partial charge < -0.3 is 25.7 Å². The molecule has 9 nitrogen and oxygen atoms in total. The molecule has 9 heteroatoms. The fourth-order valence-electron chi connectivity index (χ4n) is 4.90. The van der Waals surface area contributed by atoms with Crippen LogP contribution in [0.4, 0.5) is 21.9 Å². The van der Waals surface area contributed by atoms with E-state index >= 15 is 0 Å². The van der Waals surface area contributed by atoms with Crippen molar-refractivity contribution in [1.29, 1.82) is 0 Å². The number of anilines is 3. The van der Waals surface area contributed by atoms with Crippen LogP contribution < -0.4 is 16.0 Å². The second-order valence-corrected chi connectivity index (χ2v) is 9.17. The van der Waals surface area contributed by atoms with E-state index in [2.05, 4.69) is 20.9 Å². The summed E-state index contributed by atoms with van der Waals surface area (Å²) in [4.78, 5) is 53.6. The van der Waals surface area contributed by atoms with E-state index in [-0.39, 0.29) is 30.7 Å². The number of esters is 1. The van der Waals surface area contributed by atoms with Crippen molar-refractivity contribution in [3.05, 3.63) is 76.6 Å². The van der Waals surface area contributed by atoms with Crippen LogP contribution in [0, 0.1) is 0 Å². The van der Waals surface area contributed by atoms with E-state index in [1.807, 2.05) is 18.2 Å². The van der Waals surface area contributed by atoms with Gasteiger partial charge in [-0.1, -0.05) is 18.2 Å². The van der Waals surface area contributed by atoms with Crippen LogP contribution in [0.25, 0.3) is 11.6 Å². The molecule has 0 atom stereocenters. The highest BCUT2D eigenvalue weighted by atomic mass is 16.5. The third-order valence-corrected chi connectivity index (χ3v) is 6.59. The minimum Gasteiger partial charge on any atom is -0.466 e. The van der Waals surface area contributed by atoms with Crippen LogP contribution in [0.5, 0.6) is 0 Å². The van der Waals surface area contributed by atoms with Crippen molar-refractivity contribution in [3.8, 4) is 0 Å². The van der Waals surface area contributed by atoms with Crippen molar-refractivity contribution >= 4 is 52.4 Å². The molecule has 5 rings (SSSR count). The number of ether oxygens (including phenoxy) is 1. The van der Waals surface area contributed by atoms with Gasteiger partial charge in [0.2, 0.25) is 0 Å². The highest BCUT2D eigenvalue weighted by Gasteiger charge is 2.29. The lowest BCUT2D eigenvalue weighted by Crippen LogP contribution is -2.19. The predicted molar refractivity (Wildman–Crippen MR) is 145 cm³/mol. The summed E-state index contributed by atoms with van der Waals surface area (Å²) in [5.74, 6) is -0.586. The number of H-pyrrole nitrogens is 1. The molecule has 2 aliphatic rings. The fourth-order valence-corrected chi connectivity index (χ4v) is 4.90. The van der Waals surface area contributed by atoms with Crippen molar-refractivity contribution in [3.63, 3.8) is 0 Å². The SMILES string of the molecule is CCOC(=O)CCc1c(C=C2C(=O)Nc3ccc(NC(=O)Nc4ccccc4)cc32)[nH]c2c1C(=O)CCC2. The Morgan fingerprint density at radius 2 is 1.82 bits per heavy atom. The number of ketones is 1. The normalized spacial score (nSPS) is 15.0. The molecular formula is C29H28N4O5. The van der Waals surface area contributed by atoms with Crippen LogP contribution in [0.1, 0.15) is 59.1 Å². The van der Waals surface area contributed by atoms with E-state index in [1.165, 1.54) is 0 Å². The van der Waals surface area contributed by atoms with Gasteiger partial charge in [0.25, 0.3) is 5.91 Å². The maximum atomic E-state index is 12.9. The number of para-hydroxylation sites is 1. The van der Waals surface area contributed by atoms with E-state index in [1.54, 1.807) is 43.3 Å². The Bertz CT molecular complexity index is 1460. The molecule has 2 aromatic carbocycles. The van der Waals surface area contributed by atoms with Gasteiger partial charge in [0.15, 0.2) is 5.78 Å². The Balaban J connectivity index is 1.45. The number of aromatic nitrogens is 1. The van der Waals surface area contributed by atoms with E-state index in [0.717, 1.165) is 24.1 Å². The van der Waals surface area contributed by atoms with Crippen LogP contribution in [0.2, 0.25) is 0 Å². The van der Waals surface area contributed by atoms with Crippen LogP contribution in [-0.4, -0.2) is 35.3 Å². The first-order valence-electron chi connectivity index (χ1n) is 12.7. The molecule has 0 bridgehead atoms. The van der Waals surface area contributed by atoms with E-state index in [9.17, 15) is 19.2 Å². The predicted octanol–water partition coefficient (Wildman–Crippen LogP) is 5.17. The summed E-state index contributed by atoms with van der Waals surface area (Å²) in [5, 5.41) is 8.42. The first-order chi connectivity index (χ1) is 18.4. The number of carbonyl (C=O) groups excluding carboxylic acids is 4. The number of fused-ring (bicyclic) bond motifs is 2. The summed E-state index contributed by atoms with van der Waals surface area (Å²) < 4.78 is 5.08. The molecule has 2 heterocycles. The largest absolute Gasteiger partial charge is 0.466 e. The molecule has 0 radical (unpaired) electrons. The third kappa shape index (κ3) is 5.22. The monoisotopic (exact) mass is 512 g/mol. The smallest absolute Gasteiger partial charge is 0.323 e. The van der Waals surface area contributed by atoms with Crippen LogP contribution in [0.3, 0.4) is 0 Å². The molecule has 3 amide bonds. The number of aromatic amines is 1. The van der Waals surface area contributed by atoms with Crippen LogP contribution in [-0.2, 0) is 27.2 Å². The molecule has 194 valence electrons. The summed E-state index contributed by atoms with van der Waals surface area (Å²) in [5.41, 5.74) is 5.63. The molecule has 1 aliphatic heterocycles. The standard InChI is InChI=1S/C29H28N4O5/c1-2-38-26(35)14-12-19-24(32-23-9-6-10-25(34)27(19)23)16-21-20-15-18(11-13-22(20)33-28(21)36)31-29(37)30-17-7-4-3-5-8-17/h3-5,7-8,11,13,15-16,32H,2,6,9-10,12,14H2,1H3,(H,33,36)(H2,30,31,37). The van der Waals surface area contributed by atoms with Gasteiger partial charge >= 0.3 is 12.0 Å². The zero-order valence-electron chi connectivity index (χ0n) is 21.0. The van der Waals surface area contributed by atoms with Gasteiger partial charge in [0.05, 0.1) is 12.2 Å². The van der Waals surface area contributed by atoms with E-state index in [0.29, 0.717) is 52.3 Å². The van der Waals surface area contributed by atoms with Crippen molar-refractivity contribution in [2.75, 3.05) is 22.6 Å². The molecule has 0 saturated heterocycles. The Hall–Kier alpha value is -4.66. The maximum absolute atomic E-state index is 12.9. The lowest BCUT2D eigenvalue weighted by atomic mass is 9.91. The zero-order chi connectivity index (χ0) is 26.6. The maximum Gasteiger partial charge on any atom is 0.323 e. The molecule has 38 heavy (non-hydrogen) atoms. The molecule has 1 aliphatic carbocycles. The quantitative estimate of drug-likeness (QED) is 0.257. The number of aryl methyl sites for hydroxylation is 1. The summed E-state index contributed by atoms with van der Waals surface area (Å²) in [6, 6.07) is 13.9. The number of hydrogen-bond acceptors (Lipinski definition) is 5. The van der Waals surface area contributed by atoms with Gasteiger partial charge in [-0.3, -0.25) is 14.4 Å². The number of benzene rings is 2. The number of amides is 3. The topological polar surface area (TPSA) is 129 Å². The fraction of sp³-hybridized carbons (Fsp3) is 0.241. The highest BCUT2D eigenvalue weighted by Crippen LogP contribution is 2.37. The first-order valence-corrected chi connectivity index (χ1v) is 12.7. The second kappa shape index (κ2) is 10.8. The van der Waals surface area contributed by atoms with Crippen LogP contribution in [0.15, 0.2) is 48.5 Å². The molecule has 0 unspecified atom stereocenters. The van der Waals surface area contributed by atoms with Crippen molar-refractivity contribution in [2.24, 2.45) is 0 Å². The number of rotatable bonds is 7. The summed E-state index contributed by atoms with van der Waals surface area (Å²) >= 11 is 0. The van der Waals surface area contributed by atoms with Gasteiger partial charge in [0, 0.05) is 52.4 Å². The van der Waals surface area contributed by atoms with Crippen molar-refractivity contribution in [2.45, 2.75) is 39.0 Å². The van der Waals surface area contributed by atoms with Gasteiger partial charge in [0.1, 0.15) is 0 Å². The molecule has 0 saturated carbocycles. The first kappa shape index (κ1) is 25.0. The second-order valence-electron chi connectivity index (χ2n) is 9.17. The lowest BCUT2D eigenvalue weighted by Gasteiger charge is -2.11. The van der Waals surface area contributed by atoms with E-state index in [4.69, 9.17) is 4.74 Å². The zero-order valence-corrected chi connectivity index (χ0v) is 21.0. The Morgan fingerprint density at radius 1 is 1.03 bits per heavy atom. The number of hydrogen-bond donors (Lipinski definition) is 4. The number of urea groups is 1. The molecular weight excluding hydrogens is 484 g/mol. The van der Waals surface area contributed by atoms with Gasteiger partial charge in [-0.2, -0.15) is 0 Å². The third-order valence-electron chi connectivity index (χ3n) is 6.59. The number of nitrogens with one attached hydrogen (secondary N) is 4. The van der Waals surface area contributed by atoms with Crippen molar-refractivity contribution in [1.82, 2.24) is 4.98 Å². The van der Waals surface area contributed by atoms with Crippen LogP contribution >= 0.6 is 0 Å². The van der Waals surface area contributed by atoms with E-state index < -0.39 is 6.03 Å².